The quantitative estimate of drug-likeness (QED) is 0.165. The number of nitrogens with zero attached hydrogens (tertiary/aromatic N) is 4. The summed E-state index contributed by atoms with van der Waals surface area (Å²) in [6.07, 6.45) is 3.19. The van der Waals surface area contributed by atoms with E-state index in [1.807, 2.05) is 59.7 Å². The Morgan fingerprint density at radius 2 is 1.02 bits per heavy atom. The van der Waals surface area contributed by atoms with Crippen LogP contribution >= 0.6 is 15.9 Å². The van der Waals surface area contributed by atoms with Crippen molar-refractivity contribution < 1.29 is 26.1 Å². The Morgan fingerprint density at radius 1 is 0.627 bits per heavy atom. The van der Waals surface area contributed by atoms with Crippen LogP contribution < -0.4 is 5.46 Å². The van der Waals surface area contributed by atoms with Crippen molar-refractivity contribution in [3.05, 3.63) is 112 Å². The lowest BCUT2D eigenvalue weighted by atomic mass is 9.78. The highest BCUT2D eigenvalue weighted by Crippen LogP contribution is 2.37. The van der Waals surface area contributed by atoms with Crippen molar-refractivity contribution in [3.63, 3.8) is 0 Å². The second kappa shape index (κ2) is 13.6. The largest absolute Gasteiger partial charge is 0.495 e. The molecule has 268 valence electrons. The predicted octanol–water partition coefficient (Wildman–Crippen LogP) is 7.48. The van der Waals surface area contributed by atoms with Gasteiger partial charge in [0.15, 0.2) is 11.3 Å². The summed E-state index contributed by atoms with van der Waals surface area (Å²) in [4.78, 5) is 9.10. The first-order chi connectivity index (χ1) is 23.3. The molecule has 0 radical (unpaired) electrons. The van der Waals surface area contributed by atoms with E-state index in [4.69, 9.17) is 9.31 Å². The molecule has 1 saturated heterocycles. The minimum absolute atomic E-state index is 0. The second-order valence-electron chi connectivity index (χ2n) is 13.5. The fraction of sp³-hybridized carbons (Fsp3) is 0.297. The average molecular weight is 794 g/mol. The van der Waals surface area contributed by atoms with Crippen molar-refractivity contribution in [2.45, 2.75) is 83.8 Å². The minimum Gasteiger partial charge on any atom is -0.399 e. The monoisotopic (exact) mass is 792 g/mol. The number of pyridine rings is 2. The van der Waals surface area contributed by atoms with Crippen LogP contribution in [0.1, 0.15) is 57.6 Å². The molecule has 1 fully saturated rings. The van der Waals surface area contributed by atoms with Crippen molar-refractivity contribution in [3.8, 4) is 0 Å². The van der Waals surface area contributed by atoms with E-state index < -0.39 is 38.4 Å². The molecule has 7 rings (SSSR count). The van der Waals surface area contributed by atoms with Crippen LogP contribution in [0, 0.1) is 27.7 Å². The molecule has 6 aromatic rings. The molecular weight excluding hydrogens is 751 g/mol. The van der Waals surface area contributed by atoms with Gasteiger partial charge in [-0.25, -0.2) is 34.7 Å². The molecule has 5 heterocycles. The normalized spacial score (nSPS) is 15.4. The molecule has 2 aromatic carbocycles. The van der Waals surface area contributed by atoms with Gasteiger partial charge in [-0.05, 0) is 125 Å². The van der Waals surface area contributed by atoms with Gasteiger partial charge in [0.1, 0.15) is 0 Å². The van der Waals surface area contributed by atoms with Crippen LogP contribution in [0.2, 0.25) is 0 Å². The van der Waals surface area contributed by atoms with E-state index in [1.54, 1.807) is 80.8 Å². The van der Waals surface area contributed by atoms with Gasteiger partial charge < -0.3 is 9.31 Å². The Balaban J connectivity index is 0.000000204. The topological polar surface area (TPSA) is 122 Å². The van der Waals surface area contributed by atoms with Gasteiger partial charge in [0.25, 0.3) is 20.0 Å². The predicted molar refractivity (Wildman–Crippen MR) is 207 cm³/mol. The lowest BCUT2D eigenvalue weighted by Gasteiger charge is -2.32. The highest BCUT2D eigenvalue weighted by molar-refractivity contribution is 9.10. The van der Waals surface area contributed by atoms with Crippen LogP contribution in [0.15, 0.2) is 99.5 Å². The number of benzene rings is 2. The Morgan fingerprint density at radius 3 is 1.47 bits per heavy atom. The summed E-state index contributed by atoms with van der Waals surface area (Å²) in [6.45, 7) is 15.3. The van der Waals surface area contributed by atoms with Crippen molar-refractivity contribution in [2.75, 3.05) is 0 Å². The number of fused-ring (bicyclic) bond motifs is 2. The smallest absolute Gasteiger partial charge is 0.399 e. The third-order valence-corrected chi connectivity index (χ3v) is 13.6. The van der Waals surface area contributed by atoms with Gasteiger partial charge in [0, 0.05) is 39.0 Å². The van der Waals surface area contributed by atoms with Gasteiger partial charge in [0.2, 0.25) is 0 Å². The molecule has 0 bridgehead atoms. The van der Waals surface area contributed by atoms with Crippen molar-refractivity contribution in [1.82, 2.24) is 17.9 Å². The number of hydrogen-bond donors (Lipinski definition) is 0. The zero-order valence-corrected chi connectivity index (χ0v) is 32.3. The van der Waals surface area contributed by atoms with Gasteiger partial charge in [0.05, 0.1) is 21.0 Å². The third kappa shape index (κ3) is 6.80. The van der Waals surface area contributed by atoms with E-state index in [9.17, 15) is 16.8 Å². The summed E-state index contributed by atoms with van der Waals surface area (Å²) in [7, 11) is -8.03. The number of halogens is 1. The van der Waals surface area contributed by atoms with E-state index in [0.717, 1.165) is 26.4 Å². The molecule has 0 spiro atoms. The summed E-state index contributed by atoms with van der Waals surface area (Å²) in [5.41, 5.74) is 3.83. The molecule has 1 aliphatic heterocycles. The van der Waals surface area contributed by atoms with E-state index in [0.29, 0.717) is 28.1 Å². The minimum atomic E-state index is -3.78. The molecule has 10 nitrogen and oxygen atoms in total. The van der Waals surface area contributed by atoms with Crippen LogP contribution in [-0.4, -0.2) is 53.1 Å². The first-order valence-electron chi connectivity index (χ1n) is 15.9. The summed E-state index contributed by atoms with van der Waals surface area (Å²) in [5.74, 6) is 0. The van der Waals surface area contributed by atoms with Crippen LogP contribution in [-0.2, 0) is 29.4 Å². The standard InChI is InChI=1S/C21H25BN2O4S.C15H13BrN2O2S.CH4/c1-14-7-9-16(10-8-14)29(25,26)24-15(2)13-17-18(11-12-23-19(17)24)22-27-20(3,4)21(5,6)28-22;1-10-3-5-12(6-4-10)21(19,20)18-11(2)9-13-14(16)7-8-17-15(13)18;/h7-13H,1-6H3;3-9H,1-2H3;1H4. The Hall–Kier alpha value is -3.82. The molecule has 0 unspecified atom stereocenters. The lowest BCUT2D eigenvalue weighted by Crippen LogP contribution is -2.41. The second-order valence-corrected chi connectivity index (χ2v) is 17.9. The molecule has 0 saturated carbocycles. The molecule has 0 N–H and O–H groups in total. The van der Waals surface area contributed by atoms with Crippen molar-refractivity contribution >= 4 is 70.6 Å². The molecule has 51 heavy (non-hydrogen) atoms. The van der Waals surface area contributed by atoms with Crippen LogP contribution in [0.5, 0.6) is 0 Å². The van der Waals surface area contributed by atoms with Crippen molar-refractivity contribution in [1.29, 1.82) is 0 Å². The maximum atomic E-state index is 13.3. The van der Waals surface area contributed by atoms with Gasteiger partial charge in [-0.3, -0.25) is 0 Å². The molecule has 1 aliphatic rings. The van der Waals surface area contributed by atoms with E-state index >= 15 is 0 Å². The average Bonchev–Trinajstić information content (AvgIpc) is 3.65. The fourth-order valence-electron chi connectivity index (χ4n) is 5.80. The molecule has 0 aliphatic carbocycles. The fourth-order valence-corrected chi connectivity index (χ4v) is 9.21. The van der Waals surface area contributed by atoms with Gasteiger partial charge in [-0.1, -0.05) is 42.8 Å². The van der Waals surface area contributed by atoms with Crippen LogP contribution in [0.25, 0.3) is 22.1 Å². The van der Waals surface area contributed by atoms with E-state index in [1.165, 1.54) is 7.94 Å². The Kier molecular flexibility index (Phi) is 10.3. The zero-order valence-electron chi connectivity index (χ0n) is 29.1. The van der Waals surface area contributed by atoms with E-state index in [2.05, 4.69) is 25.9 Å². The summed E-state index contributed by atoms with van der Waals surface area (Å²) in [5, 5.41) is 1.49. The summed E-state index contributed by atoms with van der Waals surface area (Å²) < 4.78 is 68.2. The molecule has 4 aromatic heterocycles. The summed E-state index contributed by atoms with van der Waals surface area (Å²) in [6, 6.07) is 20.9. The third-order valence-electron chi connectivity index (χ3n) is 9.28. The van der Waals surface area contributed by atoms with E-state index in [-0.39, 0.29) is 17.2 Å². The maximum Gasteiger partial charge on any atom is 0.495 e. The SMILES string of the molecule is C.Cc1ccc(S(=O)(=O)n2c(C)cc3c(B4OC(C)(C)C(C)(C)O4)ccnc32)cc1.Cc1ccc(S(=O)(=O)n2c(C)cc3c(Br)ccnc32)cc1. The van der Waals surface area contributed by atoms with Gasteiger partial charge in [-0.2, -0.15) is 0 Å². The molecule has 0 atom stereocenters. The number of hydrogen-bond acceptors (Lipinski definition) is 8. The highest BCUT2D eigenvalue weighted by atomic mass is 79.9. The lowest BCUT2D eigenvalue weighted by molar-refractivity contribution is 0.00578. The van der Waals surface area contributed by atoms with Crippen LogP contribution in [0.4, 0.5) is 0 Å². The number of rotatable bonds is 5. The summed E-state index contributed by atoms with van der Waals surface area (Å²) >= 11 is 3.43. The van der Waals surface area contributed by atoms with Gasteiger partial charge >= 0.3 is 7.12 Å². The number of aromatic nitrogens is 4. The zero-order chi connectivity index (χ0) is 36.4. The molecular formula is C37H42BBrN4O6S2. The first kappa shape index (κ1) is 38.4. The van der Waals surface area contributed by atoms with Crippen LogP contribution in [0.3, 0.4) is 0 Å². The highest BCUT2D eigenvalue weighted by Gasteiger charge is 2.52. The number of aryl methyl sites for hydroxylation is 4. The first-order valence-corrected chi connectivity index (χ1v) is 19.6. The Labute approximate surface area is 309 Å². The Bertz CT molecular complexity index is 2460. The maximum absolute atomic E-state index is 13.3. The van der Waals surface area contributed by atoms with Crippen molar-refractivity contribution in [2.24, 2.45) is 0 Å². The molecule has 0 amide bonds. The van der Waals surface area contributed by atoms with Gasteiger partial charge in [-0.15, -0.1) is 0 Å². The molecule has 14 heteroatoms.